The second-order valence-electron chi connectivity index (χ2n) is 10.5. The fourth-order valence-electron chi connectivity index (χ4n) is 8.64. The van der Waals surface area contributed by atoms with Gasteiger partial charge in [0.1, 0.15) is 5.78 Å². The maximum Gasteiger partial charge on any atom is 0.138 e. The van der Waals surface area contributed by atoms with Crippen LogP contribution in [-0.4, -0.2) is 5.78 Å². The molecule has 1 unspecified atom stereocenters. The van der Waals surface area contributed by atoms with Gasteiger partial charge in [-0.25, -0.2) is 0 Å². The Hall–Kier alpha value is -0.330. The summed E-state index contributed by atoms with van der Waals surface area (Å²) in [5.74, 6) is 4.23. The van der Waals surface area contributed by atoms with Crippen LogP contribution in [0.3, 0.4) is 0 Å². The van der Waals surface area contributed by atoms with Gasteiger partial charge in [-0.2, -0.15) is 0 Å². The third kappa shape index (κ3) is 1.23. The highest BCUT2D eigenvalue weighted by Gasteiger charge is 2.78. The molecular weight excluding hydrogens is 256 g/mol. The lowest BCUT2D eigenvalue weighted by Crippen LogP contribution is -2.59. The van der Waals surface area contributed by atoms with E-state index < -0.39 is 0 Å². The molecule has 21 heavy (non-hydrogen) atoms. The van der Waals surface area contributed by atoms with E-state index in [0.29, 0.717) is 22.5 Å². The summed E-state index contributed by atoms with van der Waals surface area (Å²) in [6.45, 7) is 9.66. The molecule has 1 heteroatoms. The van der Waals surface area contributed by atoms with Crippen molar-refractivity contribution in [1.29, 1.82) is 0 Å². The minimum Gasteiger partial charge on any atom is -0.299 e. The van der Waals surface area contributed by atoms with Gasteiger partial charge in [-0.3, -0.25) is 4.79 Å². The van der Waals surface area contributed by atoms with Gasteiger partial charge in [0.25, 0.3) is 0 Å². The summed E-state index contributed by atoms with van der Waals surface area (Å²) in [5.41, 5.74) is 1.79. The van der Waals surface area contributed by atoms with Gasteiger partial charge < -0.3 is 0 Å². The van der Waals surface area contributed by atoms with E-state index in [9.17, 15) is 4.79 Å². The maximum absolute atomic E-state index is 12.5. The Morgan fingerprint density at radius 2 is 1.71 bits per heavy atom. The molecule has 0 aromatic carbocycles. The van der Waals surface area contributed by atoms with Crippen molar-refractivity contribution in [3.8, 4) is 0 Å². The topological polar surface area (TPSA) is 17.1 Å². The molecule has 6 aliphatic rings. The van der Waals surface area contributed by atoms with Crippen molar-refractivity contribution in [3.63, 3.8) is 0 Å². The second kappa shape index (κ2) is 3.29. The van der Waals surface area contributed by atoms with Gasteiger partial charge >= 0.3 is 0 Å². The van der Waals surface area contributed by atoms with E-state index in [2.05, 4.69) is 27.7 Å². The fraction of sp³-hybridized carbons (Fsp3) is 0.950. The molecule has 1 nitrogen and oxygen atoms in total. The number of fused-ring (bicyclic) bond motifs is 1. The molecule has 0 heterocycles. The van der Waals surface area contributed by atoms with Gasteiger partial charge in [0.2, 0.25) is 0 Å². The Morgan fingerprint density at radius 3 is 2.38 bits per heavy atom. The number of hydrogen-bond acceptors (Lipinski definition) is 1. The molecule has 6 saturated carbocycles. The Labute approximate surface area is 129 Å². The molecule has 0 aliphatic heterocycles. The third-order valence-corrected chi connectivity index (χ3v) is 9.66. The van der Waals surface area contributed by atoms with Crippen molar-refractivity contribution < 1.29 is 4.79 Å². The highest BCUT2D eigenvalue weighted by atomic mass is 16.1. The molecule has 7 atom stereocenters. The normalized spacial score (nSPS) is 63.0. The SMILES string of the molecule is CC1(C)C(=O)CC[C@]2(C)C1CC[C@@]13C[C@H]4[C@@H](C[C@H]12)[C@]4(C)C3. The summed E-state index contributed by atoms with van der Waals surface area (Å²) < 4.78 is 0. The number of Topliss-reactive ketones (excluding diaryl/α,β-unsaturated/α-hetero) is 1. The Bertz CT molecular complexity index is 548. The van der Waals surface area contributed by atoms with Crippen LogP contribution in [0.5, 0.6) is 0 Å². The number of carbonyl (C=O) groups is 1. The summed E-state index contributed by atoms with van der Waals surface area (Å²) >= 11 is 0. The highest BCUT2D eigenvalue weighted by molar-refractivity contribution is 5.85. The minimum absolute atomic E-state index is 0.0674. The quantitative estimate of drug-likeness (QED) is 0.622. The number of rotatable bonds is 0. The van der Waals surface area contributed by atoms with Crippen LogP contribution in [0.15, 0.2) is 0 Å². The monoisotopic (exact) mass is 286 g/mol. The van der Waals surface area contributed by atoms with Gasteiger partial charge in [0.15, 0.2) is 0 Å². The zero-order valence-electron chi connectivity index (χ0n) is 14.2. The average molecular weight is 286 g/mol. The zero-order valence-corrected chi connectivity index (χ0v) is 14.2. The molecule has 0 saturated heterocycles. The summed E-state index contributed by atoms with van der Waals surface area (Å²) in [7, 11) is 0. The molecule has 1 spiro atoms. The van der Waals surface area contributed by atoms with E-state index in [1.165, 1.54) is 38.5 Å². The number of carbonyl (C=O) groups excluding carboxylic acids is 1. The van der Waals surface area contributed by atoms with Crippen molar-refractivity contribution in [2.45, 2.75) is 72.6 Å². The van der Waals surface area contributed by atoms with Gasteiger partial charge in [0.05, 0.1) is 0 Å². The Morgan fingerprint density at radius 1 is 0.952 bits per heavy atom. The van der Waals surface area contributed by atoms with Crippen LogP contribution in [-0.2, 0) is 4.79 Å². The second-order valence-corrected chi connectivity index (χ2v) is 10.5. The van der Waals surface area contributed by atoms with Crippen LogP contribution in [0.25, 0.3) is 0 Å². The lowest BCUT2D eigenvalue weighted by molar-refractivity contribution is -0.172. The summed E-state index contributed by atoms with van der Waals surface area (Å²) in [6, 6.07) is 0. The first-order valence-electron chi connectivity index (χ1n) is 9.27. The van der Waals surface area contributed by atoms with Crippen LogP contribution in [0.1, 0.15) is 72.6 Å². The molecule has 0 aromatic heterocycles. The van der Waals surface area contributed by atoms with Crippen molar-refractivity contribution in [3.05, 3.63) is 0 Å². The molecule has 0 aromatic rings. The van der Waals surface area contributed by atoms with Crippen LogP contribution < -0.4 is 0 Å². The van der Waals surface area contributed by atoms with Crippen LogP contribution in [0.4, 0.5) is 0 Å². The average Bonchev–Trinajstić information content (AvgIpc) is 2.86. The van der Waals surface area contributed by atoms with Crippen LogP contribution in [0.2, 0.25) is 0 Å². The van der Waals surface area contributed by atoms with E-state index in [1.807, 2.05) is 0 Å². The molecule has 0 N–H and O–H groups in total. The maximum atomic E-state index is 12.5. The van der Waals surface area contributed by atoms with E-state index in [4.69, 9.17) is 0 Å². The molecule has 0 radical (unpaired) electrons. The lowest BCUT2D eigenvalue weighted by atomic mass is 9.39. The Balaban J connectivity index is 1.57. The zero-order chi connectivity index (χ0) is 14.8. The summed E-state index contributed by atoms with van der Waals surface area (Å²) in [6.07, 6.45) is 9.33. The van der Waals surface area contributed by atoms with Crippen molar-refractivity contribution in [2.75, 3.05) is 0 Å². The van der Waals surface area contributed by atoms with Crippen molar-refractivity contribution >= 4 is 5.78 Å². The van der Waals surface area contributed by atoms with Gasteiger partial charge in [-0.05, 0) is 78.4 Å². The lowest BCUT2D eigenvalue weighted by Gasteiger charge is -2.64. The predicted molar refractivity (Wildman–Crippen MR) is 83.7 cm³/mol. The van der Waals surface area contributed by atoms with Gasteiger partial charge in [-0.1, -0.05) is 27.7 Å². The Kier molecular flexibility index (Phi) is 2.06. The van der Waals surface area contributed by atoms with E-state index >= 15 is 0 Å². The van der Waals surface area contributed by atoms with E-state index in [1.54, 1.807) is 0 Å². The van der Waals surface area contributed by atoms with Crippen LogP contribution in [0, 0.1) is 45.3 Å². The van der Waals surface area contributed by atoms with E-state index in [0.717, 1.165) is 29.6 Å². The first-order valence-corrected chi connectivity index (χ1v) is 9.27. The van der Waals surface area contributed by atoms with Gasteiger partial charge in [0, 0.05) is 11.8 Å². The van der Waals surface area contributed by atoms with Crippen molar-refractivity contribution in [2.24, 2.45) is 45.3 Å². The summed E-state index contributed by atoms with van der Waals surface area (Å²) in [4.78, 5) is 12.5. The first kappa shape index (κ1) is 13.1. The van der Waals surface area contributed by atoms with E-state index in [-0.39, 0.29) is 5.41 Å². The third-order valence-electron chi connectivity index (χ3n) is 9.66. The standard InChI is InChI=1S/C20H30O/c1-17(2)14-5-8-20-10-13-12(19(13,4)11-20)9-15(20)18(14,3)7-6-16(17)21/h12-15H,5-11H2,1-4H3/t12-,13+,14?,15+,18-,19+,20+/m1/s1. The molecular formula is C20H30O. The smallest absolute Gasteiger partial charge is 0.138 e. The first-order chi connectivity index (χ1) is 9.74. The molecule has 0 amide bonds. The summed E-state index contributed by atoms with van der Waals surface area (Å²) in [5, 5.41) is 0. The van der Waals surface area contributed by atoms with Crippen LogP contribution >= 0.6 is 0 Å². The van der Waals surface area contributed by atoms with Gasteiger partial charge in [-0.15, -0.1) is 0 Å². The molecule has 116 valence electrons. The molecule has 6 rings (SSSR count). The number of hydrogen-bond donors (Lipinski definition) is 0. The predicted octanol–water partition coefficient (Wildman–Crippen LogP) is 4.84. The highest BCUT2D eigenvalue weighted by Crippen LogP contribution is 2.85. The molecule has 4 bridgehead atoms. The molecule has 6 fully saturated rings. The largest absolute Gasteiger partial charge is 0.299 e. The number of ketones is 1. The fourth-order valence-corrected chi connectivity index (χ4v) is 8.64. The van der Waals surface area contributed by atoms with Crippen molar-refractivity contribution in [1.82, 2.24) is 0 Å². The minimum atomic E-state index is -0.0674. The molecule has 6 aliphatic carbocycles.